The Kier molecular flexibility index (Phi) is 3.91. The lowest BCUT2D eigenvalue weighted by atomic mass is 10.3. The summed E-state index contributed by atoms with van der Waals surface area (Å²) in [5.74, 6) is 3.38. The number of nitro groups is 1. The molecular formula is C10H7ClFN5O3. The molecule has 1 aromatic heterocycles. The smallest absolute Gasteiger partial charge is 0.313 e. The summed E-state index contributed by atoms with van der Waals surface area (Å²) < 4.78 is 18.6. The van der Waals surface area contributed by atoms with E-state index >= 15 is 0 Å². The minimum Gasteiger partial charge on any atom is -0.429 e. The van der Waals surface area contributed by atoms with E-state index in [1.165, 1.54) is 12.1 Å². The zero-order chi connectivity index (χ0) is 14.7. The fraction of sp³-hybridized carbons (Fsp3) is 0. The Hall–Kier alpha value is -2.52. The summed E-state index contributed by atoms with van der Waals surface area (Å²) in [4.78, 5) is 17.3. The number of rotatable bonds is 4. The number of nitrogen functional groups attached to an aromatic ring is 1. The topological polar surface area (TPSA) is 116 Å². The molecule has 10 heteroatoms. The first kappa shape index (κ1) is 13.9. The third-order valence-corrected chi connectivity index (χ3v) is 2.40. The molecule has 8 nitrogen and oxygen atoms in total. The monoisotopic (exact) mass is 299 g/mol. The van der Waals surface area contributed by atoms with Crippen LogP contribution in [0.1, 0.15) is 0 Å². The van der Waals surface area contributed by atoms with Crippen LogP contribution in [0.4, 0.5) is 16.0 Å². The lowest BCUT2D eigenvalue weighted by molar-refractivity contribution is -0.385. The zero-order valence-corrected chi connectivity index (χ0v) is 10.5. The van der Waals surface area contributed by atoms with E-state index < -0.39 is 22.3 Å². The molecule has 3 N–H and O–H groups in total. The number of halogens is 2. The van der Waals surface area contributed by atoms with Crippen molar-refractivity contribution in [2.75, 3.05) is 5.43 Å². The normalized spacial score (nSPS) is 10.2. The number of aromatic nitrogens is 2. The van der Waals surface area contributed by atoms with Crippen molar-refractivity contribution in [1.29, 1.82) is 0 Å². The number of anilines is 1. The molecule has 0 aliphatic heterocycles. The highest BCUT2D eigenvalue weighted by atomic mass is 35.5. The number of nitro benzene ring substituents is 1. The lowest BCUT2D eigenvalue weighted by Gasteiger charge is -2.07. The largest absolute Gasteiger partial charge is 0.429 e. The molecule has 0 amide bonds. The van der Waals surface area contributed by atoms with Gasteiger partial charge in [-0.3, -0.25) is 15.5 Å². The van der Waals surface area contributed by atoms with Crippen LogP contribution in [0.2, 0.25) is 5.02 Å². The van der Waals surface area contributed by atoms with Gasteiger partial charge in [-0.2, -0.15) is 9.37 Å². The van der Waals surface area contributed by atoms with Crippen LogP contribution in [0.5, 0.6) is 11.6 Å². The molecular weight excluding hydrogens is 293 g/mol. The van der Waals surface area contributed by atoms with Gasteiger partial charge in [0.05, 0.1) is 11.1 Å². The molecule has 104 valence electrons. The van der Waals surface area contributed by atoms with Crippen molar-refractivity contribution in [3.63, 3.8) is 0 Å². The van der Waals surface area contributed by atoms with E-state index in [1.54, 1.807) is 0 Å². The number of nitrogens with two attached hydrogens (primary N) is 1. The van der Waals surface area contributed by atoms with E-state index in [4.69, 9.17) is 22.2 Å². The third-order valence-electron chi connectivity index (χ3n) is 2.17. The SMILES string of the molecule is NNc1ncc(F)c(Oc2ccc(Cl)cc2[N+](=O)[O-])n1. The molecule has 2 aromatic rings. The fourth-order valence-corrected chi connectivity index (χ4v) is 1.48. The van der Waals surface area contributed by atoms with Crippen molar-refractivity contribution in [3.05, 3.63) is 45.4 Å². The molecule has 1 heterocycles. The predicted octanol–water partition coefficient (Wildman–Crippen LogP) is 2.26. The Morgan fingerprint density at radius 3 is 2.90 bits per heavy atom. The second-order valence-electron chi connectivity index (χ2n) is 3.46. The lowest BCUT2D eigenvalue weighted by Crippen LogP contribution is -2.11. The molecule has 2 rings (SSSR count). The Labute approximate surface area is 116 Å². The van der Waals surface area contributed by atoms with Gasteiger partial charge in [-0.05, 0) is 12.1 Å². The van der Waals surface area contributed by atoms with Gasteiger partial charge in [0.25, 0.3) is 5.88 Å². The number of nitrogens with zero attached hydrogens (tertiary/aromatic N) is 3. The standard InChI is InChI=1S/C10H7ClFN5O3/c11-5-1-2-8(7(3-5)17(18)19)20-9-6(12)4-14-10(15-9)16-13/h1-4H,13H2,(H,14,15,16). The van der Waals surface area contributed by atoms with Gasteiger partial charge in [-0.25, -0.2) is 10.8 Å². The summed E-state index contributed by atoms with van der Waals surface area (Å²) in [6, 6.07) is 3.68. The second-order valence-corrected chi connectivity index (χ2v) is 3.90. The van der Waals surface area contributed by atoms with Crippen LogP contribution in [0.25, 0.3) is 0 Å². The van der Waals surface area contributed by atoms with Gasteiger partial charge >= 0.3 is 5.69 Å². The van der Waals surface area contributed by atoms with Crippen molar-refractivity contribution < 1.29 is 14.1 Å². The molecule has 20 heavy (non-hydrogen) atoms. The average Bonchev–Trinajstić information content (AvgIpc) is 2.42. The highest BCUT2D eigenvalue weighted by Crippen LogP contribution is 2.33. The molecule has 0 atom stereocenters. The summed E-state index contributed by atoms with van der Waals surface area (Å²) in [6.07, 6.45) is 0.819. The molecule has 0 aliphatic carbocycles. The van der Waals surface area contributed by atoms with Crippen molar-refractivity contribution in [3.8, 4) is 11.6 Å². The number of benzene rings is 1. The minimum atomic E-state index is -0.895. The maximum atomic E-state index is 13.5. The Morgan fingerprint density at radius 2 is 2.25 bits per heavy atom. The Morgan fingerprint density at radius 1 is 1.50 bits per heavy atom. The maximum Gasteiger partial charge on any atom is 0.313 e. The first-order chi connectivity index (χ1) is 9.51. The van der Waals surface area contributed by atoms with Crippen molar-refractivity contribution in [2.24, 2.45) is 5.84 Å². The second kappa shape index (κ2) is 5.63. The zero-order valence-electron chi connectivity index (χ0n) is 9.71. The molecule has 0 saturated heterocycles. The number of hydrazine groups is 1. The van der Waals surface area contributed by atoms with E-state index in [2.05, 4.69) is 15.4 Å². The number of ether oxygens (including phenoxy) is 1. The van der Waals surface area contributed by atoms with Gasteiger partial charge in [0.1, 0.15) is 0 Å². The highest BCUT2D eigenvalue weighted by molar-refractivity contribution is 6.30. The number of hydrogen-bond acceptors (Lipinski definition) is 7. The number of hydrogen-bond donors (Lipinski definition) is 2. The van der Waals surface area contributed by atoms with Gasteiger partial charge in [-0.15, -0.1) is 0 Å². The van der Waals surface area contributed by atoms with Gasteiger partial charge in [-0.1, -0.05) is 11.6 Å². The quantitative estimate of drug-likeness (QED) is 0.505. The van der Waals surface area contributed by atoms with Crippen LogP contribution in [-0.2, 0) is 0 Å². The molecule has 0 fully saturated rings. The van der Waals surface area contributed by atoms with Crippen molar-refractivity contribution in [2.45, 2.75) is 0 Å². The summed E-state index contributed by atoms with van der Waals surface area (Å²) in [7, 11) is 0. The van der Waals surface area contributed by atoms with Crippen LogP contribution >= 0.6 is 11.6 Å². The van der Waals surface area contributed by atoms with Crippen molar-refractivity contribution >= 4 is 23.2 Å². The van der Waals surface area contributed by atoms with Crippen molar-refractivity contribution in [1.82, 2.24) is 9.97 Å². The van der Waals surface area contributed by atoms with E-state index in [-0.39, 0.29) is 16.7 Å². The Bertz CT molecular complexity index is 669. The average molecular weight is 300 g/mol. The molecule has 0 bridgehead atoms. The van der Waals surface area contributed by atoms with Crippen LogP contribution in [-0.4, -0.2) is 14.9 Å². The molecule has 0 radical (unpaired) electrons. The van der Waals surface area contributed by atoms with Gasteiger partial charge in [0, 0.05) is 11.1 Å². The summed E-state index contributed by atoms with van der Waals surface area (Å²) >= 11 is 5.66. The highest BCUT2D eigenvalue weighted by Gasteiger charge is 2.19. The van der Waals surface area contributed by atoms with Crippen LogP contribution < -0.4 is 16.0 Å². The molecule has 0 saturated carbocycles. The first-order valence-electron chi connectivity index (χ1n) is 5.12. The molecule has 0 aliphatic rings. The predicted molar refractivity (Wildman–Crippen MR) is 68.0 cm³/mol. The molecule has 0 spiro atoms. The van der Waals surface area contributed by atoms with E-state index in [0.717, 1.165) is 12.3 Å². The summed E-state index contributed by atoms with van der Waals surface area (Å²) in [5, 5.41) is 11.0. The van der Waals surface area contributed by atoms with E-state index in [1.807, 2.05) is 0 Å². The van der Waals surface area contributed by atoms with Gasteiger partial charge in [0.2, 0.25) is 17.5 Å². The minimum absolute atomic E-state index is 0.0991. The van der Waals surface area contributed by atoms with E-state index in [0.29, 0.717) is 0 Å². The Balaban J connectivity index is 2.42. The third kappa shape index (κ3) is 2.90. The summed E-state index contributed by atoms with van der Waals surface area (Å²) in [6.45, 7) is 0. The summed E-state index contributed by atoms with van der Waals surface area (Å²) in [5.41, 5.74) is 1.68. The molecule has 1 aromatic carbocycles. The number of nitrogens with one attached hydrogen (secondary N) is 1. The molecule has 0 unspecified atom stereocenters. The van der Waals surface area contributed by atoms with E-state index in [9.17, 15) is 14.5 Å². The fourth-order valence-electron chi connectivity index (χ4n) is 1.32. The van der Waals surface area contributed by atoms with Gasteiger partial charge < -0.3 is 4.74 Å². The van der Waals surface area contributed by atoms with Crippen LogP contribution in [0, 0.1) is 15.9 Å². The van der Waals surface area contributed by atoms with Crippen LogP contribution in [0.15, 0.2) is 24.4 Å². The first-order valence-corrected chi connectivity index (χ1v) is 5.50. The van der Waals surface area contributed by atoms with Crippen LogP contribution in [0.3, 0.4) is 0 Å². The van der Waals surface area contributed by atoms with Gasteiger partial charge in [0.15, 0.2) is 0 Å². The maximum absolute atomic E-state index is 13.5.